The van der Waals surface area contributed by atoms with E-state index < -0.39 is 23.3 Å². The molecule has 0 saturated carbocycles. The molecule has 1 aromatic rings. The average Bonchev–Trinajstić information content (AvgIpc) is 2.95. The SMILES string of the molecule is COC(=O)N1c2ccccc2[C@]2(CCC(C)(C)O)CC(=O)N(C)[C@H]12. The standard InChI is InChI=1S/C18H24N2O4/c1-17(2,23)9-10-18-11-14(21)19(3)15(18)20(16(22)24-4)13-8-6-5-7-12(13)18/h5-8,15,23H,9-11H2,1-4H3/t15-,18+/m1/s1. The van der Waals surface area contributed by atoms with Crippen LogP contribution in [0.4, 0.5) is 10.5 Å². The van der Waals surface area contributed by atoms with Crippen LogP contribution in [-0.4, -0.2) is 47.9 Å². The highest BCUT2D eigenvalue weighted by atomic mass is 16.5. The fourth-order valence-electron chi connectivity index (χ4n) is 4.06. The lowest BCUT2D eigenvalue weighted by Crippen LogP contribution is -2.51. The predicted molar refractivity (Wildman–Crippen MR) is 89.7 cm³/mol. The fraction of sp³-hybridized carbons (Fsp3) is 0.556. The van der Waals surface area contributed by atoms with Gasteiger partial charge in [0.1, 0.15) is 6.17 Å². The lowest BCUT2D eigenvalue weighted by molar-refractivity contribution is -0.127. The average molecular weight is 332 g/mol. The summed E-state index contributed by atoms with van der Waals surface area (Å²) in [4.78, 5) is 28.1. The molecule has 1 saturated heterocycles. The predicted octanol–water partition coefficient (Wildman–Crippen LogP) is 2.25. The molecular formula is C18H24N2O4. The number of methoxy groups -OCH3 is 1. The zero-order valence-electron chi connectivity index (χ0n) is 14.6. The van der Waals surface area contributed by atoms with Gasteiger partial charge < -0.3 is 14.7 Å². The number of para-hydroxylation sites is 1. The number of hydrogen-bond acceptors (Lipinski definition) is 4. The van der Waals surface area contributed by atoms with E-state index in [4.69, 9.17) is 4.74 Å². The van der Waals surface area contributed by atoms with Crippen molar-refractivity contribution in [2.45, 2.75) is 50.3 Å². The Balaban J connectivity index is 2.13. The molecule has 2 amide bonds. The number of carbonyl (C=O) groups excluding carboxylic acids is 2. The second kappa shape index (κ2) is 5.48. The lowest BCUT2D eigenvalue weighted by atomic mass is 9.73. The number of nitrogens with zero attached hydrogens (tertiary/aromatic N) is 2. The van der Waals surface area contributed by atoms with Crippen molar-refractivity contribution < 1.29 is 19.4 Å². The maximum absolute atomic E-state index is 12.5. The molecule has 6 heteroatoms. The minimum atomic E-state index is -0.836. The number of carbonyl (C=O) groups is 2. The van der Waals surface area contributed by atoms with Crippen LogP contribution >= 0.6 is 0 Å². The largest absolute Gasteiger partial charge is 0.452 e. The second-order valence-electron chi connectivity index (χ2n) is 7.38. The van der Waals surface area contributed by atoms with Gasteiger partial charge in [-0.25, -0.2) is 4.79 Å². The Labute approximate surface area is 142 Å². The van der Waals surface area contributed by atoms with E-state index in [1.54, 1.807) is 30.7 Å². The molecule has 0 bridgehead atoms. The van der Waals surface area contributed by atoms with E-state index in [0.717, 1.165) is 11.3 Å². The van der Waals surface area contributed by atoms with Crippen molar-refractivity contribution in [1.29, 1.82) is 0 Å². The van der Waals surface area contributed by atoms with E-state index in [2.05, 4.69) is 0 Å². The minimum Gasteiger partial charge on any atom is -0.452 e. The number of hydrogen-bond donors (Lipinski definition) is 1. The molecule has 0 aromatic heterocycles. The van der Waals surface area contributed by atoms with Gasteiger partial charge in [0.15, 0.2) is 0 Å². The third-order valence-corrected chi connectivity index (χ3v) is 5.22. The van der Waals surface area contributed by atoms with Gasteiger partial charge in [-0.2, -0.15) is 0 Å². The molecule has 2 aliphatic heterocycles. The van der Waals surface area contributed by atoms with Crippen molar-refractivity contribution in [3.05, 3.63) is 29.8 Å². The number of rotatable bonds is 3. The normalized spacial score (nSPS) is 25.7. The summed E-state index contributed by atoms with van der Waals surface area (Å²) in [5.74, 6) is -0.000785. The van der Waals surface area contributed by atoms with Gasteiger partial charge in [0.2, 0.25) is 5.91 Å². The van der Waals surface area contributed by atoms with Gasteiger partial charge in [-0.1, -0.05) is 18.2 Å². The van der Waals surface area contributed by atoms with E-state index in [9.17, 15) is 14.7 Å². The van der Waals surface area contributed by atoms with Crippen LogP contribution in [-0.2, 0) is 14.9 Å². The van der Waals surface area contributed by atoms with Crippen LogP contribution in [0.25, 0.3) is 0 Å². The Morgan fingerprint density at radius 1 is 1.42 bits per heavy atom. The first-order valence-corrected chi connectivity index (χ1v) is 8.16. The molecule has 0 radical (unpaired) electrons. The smallest absolute Gasteiger partial charge is 0.415 e. The van der Waals surface area contributed by atoms with Crippen molar-refractivity contribution in [1.82, 2.24) is 4.90 Å². The van der Waals surface area contributed by atoms with Gasteiger partial charge in [-0.05, 0) is 38.3 Å². The van der Waals surface area contributed by atoms with Crippen LogP contribution in [0.3, 0.4) is 0 Å². The highest BCUT2D eigenvalue weighted by Crippen LogP contribution is 2.55. The molecular weight excluding hydrogens is 308 g/mol. The molecule has 1 aromatic carbocycles. The molecule has 0 aliphatic carbocycles. The quantitative estimate of drug-likeness (QED) is 0.922. The number of benzene rings is 1. The first-order chi connectivity index (χ1) is 11.2. The van der Waals surface area contributed by atoms with Crippen molar-refractivity contribution in [2.24, 2.45) is 0 Å². The van der Waals surface area contributed by atoms with Crippen LogP contribution in [0.5, 0.6) is 0 Å². The maximum Gasteiger partial charge on any atom is 0.415 e. The van der Waals surface area contributed by atoms with Gasteiger partial charge >= 0.3 is 6.09 Å². The van der Waals surface area contributed by atoms with Crippen molar-refractivity contribution in [3.63, 3.8) is 0 Å². The molecule has 2 heterocycles. The molecule has 6 nitrogen and oxygen atoms in total. The van der Waals surface area contributed by atoms with E-state index >= 15 is 0 Å². The summed E-state index contributed by atoms with van der Waals surface area (Å²) in [6.07, 6.45) is 0.584. The maximum atomic E-state index is 12.5. The first kappa shape index (κ1) is 16.8. The van der Waals surface area contributed by atoms with E-state index in [0.29, 0.717) is 19.3 Å². The summed E-state index contributed by atoms with van der Waals surface area (Å²) in [6.45, 7) is 3.52. The fourth-order valence-corrected chi connectivity index (χ4v) is 4.06. The van der Waals surface area contributed by atoms with Crippen molar-refractivity contribution in [3.8, 4) is 0 Å². The summed E-state index contributed by atoms with van der Waals surface area (Å²) in [6, 6.07) is 7.66. The molecule has 1 fully saturated rings. The molecule has 130 valence electrons. The number of ether oxygens (including phenoxy) is 1. The molecule has 0 spiro atoms. The first-order valence-electron chi connectivity index (χ1n) is 8.16. The summed E-state index contributed by atoms with van der Waals surface area (Å²) in [7, 11) is 3.07. The highest BCUT2D eigenvalue weighted by Gasteiger charge is 2.61. The Morgan fingerprint density at radius 3 is 2.71 bits per heavy atom. The number of fused-ring (bicyclic) bond motifs is 3. The van der Waals surface area contributed by atoms with E-state index in [1.807, 2.05) is 24.3 Å². The van der Waals surface area contributed by atoms with Crippen LogP contribution in [0.2, 0.25) is 0 Å². The van der Waals surface area contributed by atoms with Crippen LogP contribution in [0.1, 0.15) is 38.7 Å². The molecule has 24 heavy (non-hydrogen) atoms. The Kier molecular flexibility index (Phi) is 3.83. The molecule has 0 unspecified atom stereocenters. The van der Waals surface area contributed by atoms with Crippen LogP contribution in [0, 0.1) is 0 Å². The number of amides is 2. The van der Waals surface area contributed by atoms with Crippen LogP contribution in [0.15, 0.2) is 24.3 Å². The topological polar surface area (TPSA) is 70.1 Å². The Morgan fingerprint density at radius 2 is 2.08 bits per heavy atom. The summed E-state index contributed by atoms with van der Waals surface area (Å²) >= 11 is 0. The molecule has 3 rings (SSSR count). The van der Waals surface area contributed by atoms with Gasteiger partial charge in [-0.15, -0.1) is 0 Å². The van der Waals surface area contributed by atoms with Crippen LogP contribution < -0.4 is 4.90 Å². The number of anilines is 1. The van der Waals surface area contributed by atoms with E-state index in [1.165, 1.54) is 7.11 Å². The monoisotopic (exact) mass is 332 g/mol. The van der Waals surface area contributed by atoms with Crippen molar-refractivity contribution in [2.75, 3.05) is 19.1 Å². The molecule has 1 N–H and O–H groups in total. The number of aliphatic hydroxyl groups is 1. The third-order valence-electron chi connectivity index (χ3n) is 5.22. The summed E-state index contributed by atoms with van der Waals surface area (Å²) in [5.41, 5.74) is 0.403. The number of likely N-dealkylation sites (N-methyl/N-ethyl adjacent to an activating group) is 1. The Hall–Kier alpha value is -2.08. The highest BCUT2D eigenvalue weighted by molar-refractivity contribution is 5.96. The zero-order valence-corrected chi connectivity index (χ0v) is 14.6. The Bertz CT molecular complexity index is 682. The lowest BCUT2D eigenvalue weighted by Gasteiger charge is -2.35. The summed E-state index contributed by atoms with van der Waals surface area (Å²) in [5, 5.41) is 10.2. The molecule has 2 aliphatic rings. The van der Waals surface area contributed by atoms with E-state index in [-0.39, 0.29) is 5.91 Å². The van der Waals surface area contributed by atoms with Gasteiger partial charge in [0, 0.05) is 18.9 Å². The number of likely N-dealkylation sites (tertiary alicyclic amines) is 1. The van der Waals surface area contributed by atoms with Gasteiger partial charge in [-0.3, -0.25) is 9.69 Å². The third kappa shape index (κ3) is 2.36. The zero-order chi connectivity index (χ0) is 17.7. The minimum absolute atomic E-state index is 0.000785. The van der Waals surface area contributed by atoms with Crippen molar-refractivity contribution >= 4 is 17.7 Å². The summed E-state index contributed by atoms with van der Waals surface area (Å²) < 4.78 is 4.97. The van der Waals surface area contributed by atoms with Gasteiger partial charge in [0.25, 0.3) is 0 Å². The van der Waals surface area contributed by atoms with Gasteiger partial charge in [0.05, 0.1) is 18.4 Å². The second-order valence-corrected chi connectivity index (χ2v) is 7.38. The molecule has 2 atom stereocenters.